The minimum absolute atomic E-state index is 0.0955. The predicted molar refractivity (Wildman–Crippen MR) is 140 cm³/mol. The summed E-state index contributed by atoms with van der Waals surface area (Å²) in [5, 5.41) is 23.6. The molecule has 0 aliphatic rings. The zero-order chi connectivity index (χ0) is 28.9. The molecule has 0 saturated carbocycles. The third-order valence-electron chi connectivity index (χ3n) is 4.96. The monoisotopic (exact) mass is 667 g/mol. The minimum atomic E-state index is -4.82. The van der Waals surface area contributed by atoms with Gasteiger partial charge in [0.15, 0.2) is 0 Å². The van der Waals surface area contributed by atoms with E-state index in [0.29, 0.717) is 16.6 Å². The number of carbonyl (C=O) groups excluding carboxylic acids is 2. The Morgan fingerprint density at radius 2 is 1.77 bits per heavy atom. The molecule has 1 amide bonds. The van der Waals surface area contributed by atoms with E-state index >= 15 is 0 Å². The number of ether oxygens (including phenoxy) is 2. The Labute approximate surface area is 235 Å². The molecule has 0 fully saturated rings. The third-order valence-corrected chi connectivity index (χ3v) is 6.01. The number of esters is 1. The molecule has 0 heterocycles. The predicted octanol–water partition coefficient (Wildman–Crippen LogP) is 7.26. The zero-order valence-corrected chi connectivity index (χ0v) is 22.7. The van der Waals surface area contributed by atoms with Crippen LogP contribution in [0.5, 0.6) is 11.5 Å². The zero-order valence-electron chi connectivity index (χ0n) is 19.5. The first-order valence-electron chi connectivity index (χ1n) is 10.5. The Bertz CT molecular complexity index is 1530. The van der Waals surface area contributed by atoms with Gasteiger partial charge >= 0.3 is 17.8 Å². The summed E-state index contributed by atoms with van der Waals surface area (Å²) >= 11 is 6.49. The van der Waals surface area contributed by atoms with Crippen LogP contribution in [0, 0.1) is 21.4 Å². The van der Waals surface area contributed by atoms with Crippen LogP contribution in [0.2, 0.25) is 0 Å². The van der Waals surface area contributed by atoms with E-state index < -0.39 is 45.5 Å². The molecule has 0 saturated heterocycles. The highest BCUT2D eigenvalue weighted by Gasteiger charge is 2.33. The maximum Gasteiger partial charge on any atom is 0.416 e. The van der Waals surface area contributed by atoms with E-state index in [4.69, 9.17) is 4.74 Å². The van der Waals surface area contributed by atoms with E-state index in [9.17, 15) is 38.1 Å². The Hall–Kier alpha value is -4.22. The van der Waals surface area contributed by atoms with Crippen molar-refractivity contribution < 1.29 is 37.2 Å². The molecule has 0 aliphatic heterocycles. The second-order valence-corrected chi connectivity index (χ2v) is 9.31. The lowest BCUT2D eigenvalue weighted by molar-refractivity contribution is -0.385. The molecule has 0 aliphatic carbocycles. The lowest BCUT2D eigenvalue weighted by Gasteiger charge is -2.14. The summed E-state index contributed by atoms with van der Waals surface area (Å²) in [4.78, 5) is 34.8. The quantitative estimate of drug-likeness (QED) is 0.0921. The number of alkyl halides is 3. The summed E-state index contributed by atoms with van der Waals surface area (Å²) in [5.74, 6) is -2.01. The van der Waals surface area contributed by atoms with E-state index in [2.05, 4.69) is 41.9 Å². The van der Waals surface area contributed by atoms with Crippen molar-refractivity contribution in [2.45, 2.75) is 6.18 Å². The molecule has 3 aromatic carbocycles. The number of hydrogen-bond donors (Lipinski definition) is 1. The highest BCUT2D eigenvalue weighted by Crippen LogP contribution is 2.42. The van der Waals surface area contributed by atoms with Gasteiger partial charge in [-0.25, -0.2) is 4.79 Å². The summed E-state index contributed by atoms with van der Waals surface area (Å²) in [6.45, 7) is 0. The number of nitrogens with zero attached hydrogens (tertiary/aromatic N) is 2. The van der Waals surface area contributed by atoms with E-state index in [1.165, 1.54) is 43.5 Å². The lowest BCUT2D eigenvalue weighted by atomic mass is 10.1. The van der Waals surface area contributed by atoms with Gasteiger partial charge in [0.25, 0.3) is 5.91 Å². The Kier molecular flexibility index (Phi) is 9.10. The van der Waals surface area contributed by atoms with Gasteiger partial charge in [-0.05, 0) is 70.5 Å². The summed E-state index contributed by atoms with van der Waals surface area (Å²) in [7, 11) is 1.22. The lowest BCUT2D eigenvalue weighted by Crippen LogP contribution is -2.13. The van der Waals surface area contributed by atoms with Crippen LogP contribution >= 0.6 is 31.9 Å². The van der Waals surface area contributed by atoms with Crippen LogP contribution in [0.3, 0.4) is 0 Å². The summed E-state index contributed by atoms with van der Waals surface area (Å²) in [6, 6.07) is 12.1. The van der Waals surface area contributed by atoms with Gasteiger partial charge in [-0.15, -0.1) is 0 Å². The molecule has 0 atom stereocenters. The Balaban J connectivity index is 1.99. The molecule has 14 heteroatoms. The standard InChI is InChI=1S/C25H14Br2F3N3O6/c1-38-24(35)13-2-5-18(6-3-13)32-23(34)15(12-31)8-14-9-17(26)11-19(27)22(14)39-21-7-4-16(25(28,29)30)10-20(21)33(36)37/h2-11H,1H3,(H,32,34)/b15-8+. The van der Waals surface area contributed by atoms with Crippen LogP contribution in [0.4, 0.5) is 24.5 Å². The molecule has 0 radical (unpaired) electrons. The number of nitro benzene ring substituents is 1. The maximum absolute atomic E-state index is 13.1. The number of benzene rings is 3. The van der Waals surface area contributed by atoms with Crippen LogP contribution in [-0.4, -0.2) is 23.9 Å². The molecule has 0 aromatic heterocycles. The molecule has 1 N–H and O–H groups in total. The SMILES string of the molecule is COC(=O)c1ccc(NC(=O)/C(C#N)=C/c2cc(Br)cc(Br)c2Oc2ccc(C(F)(F)F)cc2[N+](=O)[O-])cc1. The Morgan fingerprint density at radius 1 is 1.10 bits per heavy atom. The largest absolute Gasteiger partial charge is 0.465 e. The number of halogens is 5. The molecule has 9 nitrogen and oxygen atoms in total. The van der Waals surface area contributed by atoms with Gasteiger partial charge < -0.3 is 14.8 Å². The van der Waals surface area contributed by atoms with Crippen LogP contribution in [0.15, 0.2) is 69.1 Å². The molecule has 0 spiro atoms. The van der Waals surface area contributed by atoms with Gasteiger partial charge in [0.2, 0.25) is 5.75 Å². The van der Waals surface area contributed by atoms with Crippen molar-refractivity contribution in [1.29, 1.82) is 5.26 Å². The van der Waals surface area contributed by atoms with Crippen molar-refractivity contribution in [3.05, 3.63) is 95.9 Å². The van der Waals surface area contributed by atoms with Crippen molar-refractivity contribution in [3.8, 4) is 17.6 Å². The van der Waals surface area contributed by atoms with Crippen molar-refractivity contribution >= 4 is 61.2 Å². The molecule has 39 heavy (non-hydrogen) atoms. The molecule has 0 unspecified atom stereocenters. The smallest absolute Gasteiger partial charge is 0.416 e. The van der Waals surface area contributed by atoms with Crippen molar-refractivity contribution in [2.75, 3.05) is 12.4 Å². The number of rotatable bonds is 7. The van der Waals surface area contributed by atoms with E-state index in [-0.39, 0.29) is 27.0 Å². The van der Waals surface area contributed by atoms with E-state index in [0.717, 1.165) is 12.1 Å². The molecular weight excluding hydrogens is 655 g/mol. The minimum Gasteiger partial charge on any atom is -0.465 e. The first kappa shape index (κ1) is 29.3. The highest BCUT2D eigenvalue weighted by atomic mass is 79.9. The van der Waals surface area contributed by atoms with Crippen LogP contribution in [-0.2, 0) is 15.7 Å². The number of nitriles is 1. The molecule has 3 aromatic rings. The first-order valence-corrected chi connectivity index (χ1v) is 12.1. The topological polar surface area (TPSA) is 132 Å². The van der Waals surface area contributed by atoms with Crippen LogP contribution in [0.1, 0.15) is 21.5 Å². The number of nitro groups is 1. The number of methoxy groups -OCH3 is 1. The average molecular weight is 669 g/mol. The van der Waals surface area contributed by atoms with Gasteiger partial charge in [0.1, 0.15) is 17.4 Å². The van der Waals surface area contributed by atoms with Crippen molar-refractivity contribution in [2.24, 2.45) is 0 Å². The fourth-order valence-corrected chi connectivity index (χ4v) is 4.48. The summed E-state index contributed by atoms with van der Waals surface area (Å²) < 4.78 is 50.2. The molecular formula is C25H14Br2F3N3O6. The second kappa shape index (κ2) is 12.1. The summed E-state index contributed by atoms with van der Waals surface area (Å²) in [5.41, 5.74) is -1.98. The van der Waals surface area contributed by atoms with E-state index in [1.54, 1.807) is 6.07 Å². The van der Waals surface area contributed by atoms with Crippen LogP contribution < -0.4 is 10.1 Å². The summed E-state index contributed by atoms with van der Waals surface area (Å²) in [6.07, 6.45) is -3.68. The van der Waals surface area contributed by atoms with Gasteiger partial charge in [0.05, 0.1) is 27.6 Å². The number of anilines is 1. The fraction of sp³-hybridized carbons (Fsp3) is 0.0800. The molecule has 3 rings (SSSR count). The van der Waals surface area contributed by atoms with Crippen molar-refractivity contribution in [3.63, 3.8) is 0 Å². The number of carbonyl (C=O) groups is 2. The highest BCUT2D eigenvalue weighted by molar-refractivity contribution is 9.11. The van der Waals surface area contributed by atoms with Gasteiger partial charge in [-0.2, -0.15) is 18.4 Å². The molecule has 0 bridgehead atoms. The van der Waals surface area contributed by atoms with Crippen LogP contribution in [0.25, 0.3) is 6.08 Å². The Morgan fingerprint density at radius 3 is 2.33 bits per heavy atom. The number of hydrogen-bond acceptors (Lipinski definition) is 7. The van der Waals surface area contributed by atoms with Gasteiger partial charge in [-0.3, -0.25) is 14.9 Å². The van der Waals surface area contributed by atoms with E-state index in [1.807, 2.05) is 0 Å². The molecule has 200 valence electrons. The second-order valence-electron chi connectivity index (χ2n) is 7.54. The third kappa shape index (κ3) is 7.21. The number of amides is 1. The van der Waals surface area contributed by atoms with Gasteiger partial charge in [-0.1, -0.05) is 15.9 Å². The van der Waals surface area contributed by atoms with Gasteiger partial charge in [0, 0.05) is 21.8 Å². The maximum atomic E-state index is 13.1. The fourth-order valence-electron chi connectivity index (χ4n) is 3.14. The number of nitrogens with one attached hydrogen (secondary N) is 1. The first-order chi connectivity index (χ1) is 18.3. The normalized spacial score (nSPS) is 11.4. The van der Waals surface area contributed by atoms with Crippen molar-refractivity contribution in [1.82, 2.24) is 0 Å². The average Bonchev–Trinajstić information content (AvgIpc) is 2.88.